The largest absolute Gasteiger partial charge is 0.447 e. The van der Waals surface area contributed by atoms with Crippen LogP contribution in [0.25, 0.3) is 11.0 Å². The van der Waals surface area contributed by atoms with Gasteiger partial charge in [0.05, 0.1) is 0 Å². The van der Waals surface area contributed by atoms with E-state index in [1.807, 2.05) is 60.7 Å². The fraction of sp³-hybridized carbons (Fsp3) is 0. The first-order valence-corrected chi connectivity index (χ1v) is 6.45. The van der Waals surface area contributed by atoms with Crippen molar-refractivity contribution in [2.45, 2.75) is 9.99 Å². The van der Waals surface area contributed by atoms with Crippen LogP contribution >= 0.6 is 0 Å². The number of hydrogen-bond donors (Lipinski definition) is 0. The molecule has 2 nitrogen and oxygen atoms in total. The van der Waals surface area contributed by atoms with E-state index in [4.69, 9.17) is 4.42 Å². The lowest BCUT2D eigenvalue weighted by molar-refractivity contribution is 0.503. The number of rotatable bonds is 2. The van der Waals surface area contributed by atoms with Crippen LogP contribution in [0, 0.1) is 0 Å². The molecule has 3 aromatic rings. The van der Waals surface area contributed by atoms with Crippen molar-refractivity contribution in [3.8, 4) is 0 Å². The lowest BCUT2D eigenvalue weighted by Gasteiger charge is -1.96. The lowest BCUT2D eigenvalue weighted by Crippen LogP contribution is -1.89. The Morgan fingerprint density at radius 2 is 1.59 bits per heavy atom. The predicted molar refractivity (Wildman–Crippen MR) is 67.3 cm³/mol. The summed E-state index contributed by atoms with van der Waals surface area (Å²) >= 11 is 0. The maximum absolute atomic E-state index is 12.2. The molecule has 0 N–H and O–H groups in total. The van der Waals surface area contributed by atoms with E-state index >= 15 is 0 Å². The van der Waals surface area contributed by atoms with Crippen LogP contribution in [0.2, 0.25) is 0 Å². The minimum absolute atomic E-state index is 0.498. The molecule has 0 aliphatic heterocycles. The second-order valence-electron chi connectivity index (χ2n) is 3.69. The second-order valence-corrected chi connectivity index (χ2v) is 5.10. The first-order chi connectivity index (χ1) is 8.34. The van der Waals surface area contributed by atoms with Gasteiger partial charge in [-0.2, -0.15) is 0 Å². The van der Waals surface area contributed by atoms with Gasteiger partial charge in [-0.05, 0) is 18.2 Å². The summed E-state index contributed by atoms with van der Waals surface area (Å²) in [5.41, 5.74) is 0.770. The summed E-state index contributed by atoms with van der Waals surface area (Å²) in [6, 6.07) is 18.8. The van der Waals surface area contributed by atoms with E-state index in [2.05, 4.69) is 0 Å². The summed E-state index contributed by atoms with van der Waals surface area (Å²) in [5.74, 6) is 0. The summed E-state index contributed by atoms with van der Waals surface area (Å²) in [5, 5.41) is 1.48. The smallest absolute Gasteiger partial charge is 0.196 e. The molecule has 1 aromatic heterocycles. The van der Waals surface area contributed by atoms with Gasteiger partial charge in [0.25, 0.3) is 0 Å². The fourth-order valence-corrected chi connectivity index (χ4v) is 2.75. The number of para-hydroxylation sites is 1. The molecule has 0 saturated carbocycles. The van der Waals surface area contributed by atoms with Gasteiger partial charge >= 0.3 is 0 Å². The molecule has 1 atom stereocenters. The Hall–Kier alpha value is -1.87. The standard InChI is InChI=1S/C14H10O2S/c15-17(12-7-2-1-3-8-12)14-10-11-6-4-5-9-13(11)16-14/h1-10H. The molecule has 0 bridgehead atoms. The van der Waals surface area contributed by atoms with Crippen LogP contribution < -0.4 is 0 Å². The molecule has 0 aliphatic carbocycles. The number of hydrogen-bond acceptors (Lipinski definition) is 2. The van der Waals surface area contributed by atoms with Gasteiger partial charge in [-0.15, -0.1) is 0 Å². The molecule has 2 aromatic carbocycles. The van der Waals surface area contributed by atoms with Gasteiger partial charge in [-0.1, -0.05) is 36.4 Å². The van der Waals surface area contributed by atoms with Gasteiger partial charge in [-0.25, -0.2) is 4.21 Å². The number of furan rings is 1. The van der Waals surface area contributed by atoms with E-state index in [0.717, 1.165) is 15.9 Å². The zero-order valence-electron chi connectivity index (χ0n) is 9.00. The van der Waals surface area contributed by atoms with Gasteiger partial charge in [0.15, 0.2) is 5.09 Å². The van der Waals surface area contributed by atoms with E-state index in [0.29, 0.717) is 5.09 Å². The first-order valence-electron chi connectivity index (χ1n) is 5.30. The van der Waals surface area contributed by atoms with Crippen molar-refractivity contribution in [3.63, 3.8) is 0 Å². The van der Waals surface area contributed by atoms with E-state index in [9.17, 15) is 4.21 Å². The van der Waals surface area contributed by atoms with Crippen LogP contribution in [0.3, 0.4) is 0 Å². The van der Waals surface area contributed by atoms with Crippen LogP contribution in [-0.2, 0) is 10.8 Å². The van der Waals surface area contributed by atoms with Crippen LogP contribution in [0.1, 0.15) is 0 Å². The van der Waals surface area contributed by atoms with Gasteiger partial charge in [0.1, 0.15) is 16.4 Å². The molecule has 1 unspecified atom stereocenters. The quantitative estimate of drug-likeness (QED) is 0.687. The Morgan fingerprint density at radius 3 is 2.35 bits per heavy atom. The summed E-state index contributed by atoms with van der Waals surface area (Å²) in [4.78, 5) is 0.756. The third kappa shape index (κ3) is 1.89. The molecule has 1 heterocycles. The molecule has 0 fully saturated rings. The molecule has 0 aliphatic rings. The van der Waals surface area contributed by atoms with E-state index in [1.165, 1.54) is 0 Å². The Kier molecular flexibility index (Phi) is 2.53. The highest BCUT2D eigenvalue weighted by Crippen LogP contribution is 2.24. The molecular weight excluding hydrogens is 232 g/mol. The Bertz CT molecular complexity index is 638. The van der Waals surface area contributed by atoms with Crippen LogP contribution in [0.15, 0.2) is 75.1 Å². The highest BCUT2D eigenvalue weighted by molar-refractivity contribution is 7.85. The molecule has 0 radical (unpaired) electrons. The van der Waals surface area contributed by atoms with Crippen molar-refractivity contribution in [1.29, 1.82) is 0 Å². The number of benzene rings is 2. The molecule has 17 heavy (non-hydrogen) atoms. The molecule has 3 rings (SSSR count). The third-order valence-corrected chi connectivity index (χ3v) is 3.81. The maximum atomic E-state index is 12.2. The minimum Gasteiger partial charge on any atom is -0.447 e. The molecule has 0 saturated heterocycles. The summed E-state index contributed by atoms with van der Waals surface area (Å²) < 4.78 is 17.8. The molecule has 0 amide bonds. The molecular formula is C14H10O2S. The number of fused-ring (bicyclic) bond motifs is 1. The van der Waals surface area contributed by atoms with Crippen molar-refractivity contribution < 1.29 is 8.63 Å². The van der Waals surface area contributed by atoms with E-state index < -0.39 is 10.8 Å². The van der Waals surface area contributed by atoms with Crippen molar-refractivity contribution in [2.75, 3.05) is 0 Å². The Balaban J connectivity index is 2.07. The third-order valence-electron chi connectivity index (χ3n) is 2.54. The minimum atomic E-state index is -1.25. The van der Waals surface area contributed by atoms with Gasteiger partial charge < -0.3 is 4.42 Å². The van der Waals surface area contributed by atoms with Gasteiger partial charge in [0, 0.05) is 16.3 Å². The zero-order valence-corrected chi connectivity index (χ0v) is 9.81. The Labute approximate surface area is 101 Å². The predicted octanol–water partition coefficient (Wildman–Crippen LogP) is 3.60. The van der Waals surface area contributed by atoms with Crippen molar-refractivity contribution in [2.24, 2.45) is 0 Å². The second kappa shape index (κ2) is 4.18. The van der Waals surface area contributed by atoms with Crippen LogP contribution in [0.4, 0.5) is 0 Å². The summed E-state index contributed by atoms with van der Waals surface area (Å²) in [6.07, 6.45) is 0. The Morgan fingerprint density at radius 1 is 0.882 bits per heavy atom. The maximum Gasteiger partial charge on any atom is 0.196 e. The van der Waals surface area contributed by atoms with Crippen molar-refractivity contribution in [3.05, 3.63) is 60.7 Å². The topological polar surface area (TPSA) is 30.2 Å². The zero-order chi connectivity index (χ0) is 11.7. The summed E-state index contributed by atoms with van der Waals surface area (Å²) in [7, 11) is -1.25. The lowest BCUT2D eigenvalue weighted by atomic mass is 10.3. The highest BCUT2D eigenvalue weighted by atomic mass is 32.2. The average Bonchev–Trinajstić information content (AvgIpc) is 2.82. The molecule has 0 spiro atoms. The average molecular weight is 242 g/mol. The SMILES string of the molecule is O=S(c1ccccc1)c1cc2ccccc2o1. The van der Waals surface area contributed by atoms with Gasteiger partial charge in [0.2, 0.25) is 0 Å². The summed E-state index contributed by atoms with van der Waals surface area (Å²) in [6.45, 7) is 0. The fourth-order valence-electron chi connectivity index (χ4n) is 1.71. The van der Waals surface area contributed by atoms with E-state index in [-0.39, 0.29) is 0 Å². The highest BCUT2D eigenvalue weighted by Gasteiger charge is 2.11. The van der Waals surface area contributed by atoms with Crippen LogP contribution in [0.5, 0.6) is 0 Å². The van der Waals surface area contributed by atoms with Gasteiger partial charge in [-0.3, -0.25) is 0 Å². The van der Waals surface area contributed by atoms with Crippen LogP contribution in [-0.4, -0.2) is 4.21 Å². The first kappa shape index (κ1) is 10.3. The molecule has 84 valence electrons. The van der Waals surface area contributed by atoms with Crippen molar-refractivity contribution >= 4 is 21.8 Å². The van der Waals surface area contributed by atoms with E-state index in [1.54, 1.807) is 0 Å². The van der Waals surface area contributed by atoms with Crippen molar-refractivity contribution in [1.82, 2.24) is 0 Å². The monoisotopic (exact) mass is 242 g/mol. The molecule has 3 heteroatoms. The normalized spacial score (nSPS) is 12.7.